The number of aromatic amines is 1. The van der Waals surface area contributed by atoms with Crippen molar-refractivity contribution in [1.29, 1.82) is 0 Å². The molecular formula is C15H13N3O2S. The lowest BCUT2D eigenvalue weighted by Gasteiger charge is -2.13. The summed E-state index contributed by atoms with van der Waals surface area (Å²) >= 11 is 5.25. The van der Waals surface area contributed by atoms with Crippen LogP contribution in [0.4, 0.5) is 0 Å². The van der Waals surface area contributed by atoms with Gasteiger partial charge in [-0.25, -0.2) is 4.68 Å². The molecule has 0 amide bonds. The Morgan fingerprint density at radius 3 is 2.48 bits per heavy atom. The minimum atomic E-state index is -0.316. The highest BCUT2D eigenvalue weighted by Crippen LogP contribution is 2.07. The highest BCUT2D eigenvalue weighted by atomic mass is 32.1. The standard InChI is InChI=1S/C15H13N3O2S/c1-9-7-10(2)17(13(19)8-9)18-14(20)11-5-3-4-6-12(11)16-15(18)21/h3-8H,1-2H3,(H,16,21). The van der Waals surface area contributed by atoms with Gasteiger partial charge in [-0.05, 0) is 49.8 Å². The predicted molar refractivity (Wildman–Crippen MR) is 84.4 cm³/mol. The molecule has 2 heterocycles. The molecule has 0 fully saturated rings. The first-order valence-corrected chi connectivity index (χ1v) is 6.85. The van der Waals surface area contributed by atoms with E-state index in [0.29, 0.717) is 16.6 Å². The summed E-state index contributed by atoms with van der Waals surface area (Å²) in [4.78, 5) is 27.9. The van der Waals surface area contributed by atoms with Gasteiger partial charge in [0.2, 0.25) is 4.77 Å². The number of hydrogen-bond donors (Lipinski definition) is 1. The minimum Gasteiger partial charge on any atom is -0.330 e. The molecule has 6 heteroatoms. The number of para-hydroxylation sites is 1. The molecule has 1 N–H and O–H groups in total. The lowest BCUT2D eigenvalue weighted by molar-refractivity contribution is 0.571. The third-order valence-electron chi connectivity index (χ3n) is 3.31. The molecule has 3 aromatic rings. The van der Waals surface area contributed by atoms with Crippen LogP contribution in [0.3, 0.4) is 0 Å². The van der Waals surface area contributed by atoms with E-state index >= 15 is 0 Å². The van der Waals surface area contributed by atoms with Crippen LogP contribution in [0.1, 0.15) is 11.3 Å². The number of aryl methyl sites for hydroxylation is 2. The topological polar surface area (TPSA) is 59.8 Å². The van der Waals surface area contributed by atoms with Crippen molar-refractivity contribution in [2.75, 3.05) is 0 Å². The molecule has 0 saturated carbocycles. The Morgan fingerprint density at radius 1 is 1.05 bits per heavy atom. The molecule has 0 saturated heterocycles. The summed E-state index contributed by atoms with van der Waals surface area (Å²) in [5.41, 5.74) is 1.55. The van der Waals surface area contributed by atoms with E-state index in [-0.39, 0.29) is 15.9 Å². The molecule has 106 valence electrons. The van der Waals surface area contributed by atoms with Gasteiger partial charge in [0.05, 0.1) is 10.9 Å². The molecular weight excluding hydrogens is 286 g/mol. The number of pyridine rings is 1. The van der Waals surface area contributed by atoms with Crippen molar-refractivity contribution < 1.29 is 0 Å². The van der Waals surface area contributed by atoms with Crippen molar-refractivity contribution in [3.63, 3.8) is 0 Å². The summed E-state index contributed by atoms with van der Waals surface area (Å²) in [6.45, 7) is 3.60. The van der Waals surface area contributed by atoms with Gasteiger partial charge in [0, 0.05) is 11.8 Å². The van der Waals surface area contributed by atoms with E-state index in [4.69, 9.17) is 12.2 Å². The largest absolute Gasteiger partial charge is 0.330 e. The van der Waals surface area contributed by atoms with Crippen molar-refractivity contribution in [1.82, 2.24) is 14.3 Å². The molecule has 1 aromatic carbocycles. The fraction of sp³-hybridized carbons (Fsp3) is 0.133. The van der Waals surface area contributed by atoms with Crippen molar-refractivity contribution in [2.45, 2.75) is 13.8 Å². The number of H-pyrrole nitrogens is 1. The average Bonchev–Trinajstić information content (AvgIpc) is 2.41. The maximum Gasteiger partial charge on any atom is 0.281 e. The highest BCUT2D eigenvalue weighted by Gasteiger charge is 2.10. The number of hydrogen-bond acceptors (Lipinski definition) is 3. The first-order chi connectivity index (χ1) is 9.99. The molecule has 0 aliphatic rings. The van der Waals surface area contributed by atoms with Crippen LogP contribution in [0.25, 0.3) is 10.9 Å². The highest BCUT2D eigenvalue weighted by molar-refractivity contribution is 7.71. The quantitative estimate of drug-likeness (QED) is 0.700. The molecule has 0 radical (unpaired) electrons. The average molecular weight is 299 g/mol. The fourth-order valence-corrected chi connectivity index (χ4v) is 2.73. The van der Waals surface area contributed by atoms with Crippen LogP contribution in [-0.4, -0.2) is 14.3 Å². The summed E-state index contributed by atoms with van der Waals surface area (Å²) in [6.07, 6.45) is 0. The van der Waals surface area contributed by atoms with Gasteiger partial charge in [0.1, 0.15) is 0 Å². The second-order valence-electron chi connectivity index (χ2n) is 4.92. The summed E-state index contributed by atoms with van der Waals surface area (Å²) in [6, 6.07) is 10.4. The van der Waals surface area contributed by atoms with Crippen LogP contribution < -0.4 is 11.1 Å². The van der Waals surface area contributed by atoms with Crippen molar-refractivity contribution in [2.24, 2.45) is 0 Å². The normalized spacial score (nSPS) is 11.0. The fourth-order valence-electron chi connectivity index (χ4n) is 2.45. The van der Waals surface area contributed by atoms with E-state index in [1.807, 2.05) is 19.1 Å². The Labute approximate surface area is 125 Å². The van der Waals surface area contributed by atoms with Gasteiger partial charge in [0.15, 0.2) is 0 Å². The maximum atomic E-state index is 12.7. The zero-order chi connectivity index (χ0) is 15.1. The van der Waals surface area contributed by atoms with Crippen LogP contribution in [0.2, 0.25) is 0 Å². The Hall–Kier alpha value is -2.47. The van der Waals surface area contributed by atoms with Gasteiger partial charge in [-0.2, -0.15) is 4.68 Å². The Bertz CT molecular complexity index is 1030. The van der Waals surface area contributed by atoms with E-state index < -0.39 is 0 Å². The molecule has 0 atom stereocenters. The van der Waals surface area contributed by atoms with E-state index in [1.165, 1.54) is 15.4 Å². The maximum absolute atomic E-state index is 12.7. The first-order valence-electron chi connectivity index (χ1n) is 6.44. The van der Waals surface area contributed by atoms with E-state index in [1.54, 1.807) is 25.1 Å². The van der Waals surface area contributed by atoms with Crippen molar-refractivity contribution in [3.8, 4) is 0 Å². The minimum absolute atomic E-state index is 0.188. The van der Waals surface area contributed by atoms with Crippen LogP contribution >= 0.6 is 12.2 Å². The summed E-state index contributed by atoms with van der Waals surface area (Å²) < 4.78 is 2.68. The molecule has 0 unspecified atom stereocenters. The lowest BCUT2D eigenvalue weighted by Crippen LogP contribution is -2.37. The van der Waals surface area contributed by atoms with Crippen LogP contribution in [-0.2, 0) is 0 Å². The van der Waals surface area contributed by atoms with Gasteiger partial charge < -0.3 is 4.98 Å². The van der Waals surface area contributed by atoms with Crippen LogP contribution in [0, 0.1) is 18.6 Å². The second kappa shape index (κ2) is 4.82. The molecule has 0 bridgehead atoms. The number of aromatic nitrogens is 3. The van der Waals surface area contributed by atoms with Gasteiger partial charge in [-0.1, -0.05) is 12.1 Å². The third kappa shape index (κ3) is 2.13. The number of fused-ring (bicyclic) bond motifs is 1. The molecule has 0 aliphatic carbocycles. The molecule has 0 aliphatic heterocycles. The zero-order valence-electron chi connectivity index (χ0n) is 11.6. The monoisotopic (exact) mass is 299 g/mol. The lowest BCUT2D eigenvalue weighted by atomic mass is 10.2. The van der Waals surface area contributed by atoms with Crippen molar-refractivity contribution >= 4 is 23.1 Å². The summed E-state index contributed by atoms with van der Waals surface area (Å²) in [7, 11) is 0. The third-order valence-corrected chi connectivity index (χ3v) is 3.59. The molecule has 0 spiro atoms. The second-order valence-corrected chi connectivity index (χ2v) is 5.30. The Kier molecular flexibility index (Phi) is 3.10. The van der Waals surface area contributed by atoms with Crippen molar-refractivity contribution in [3.05, 3.63) is 73.1 Å². The molecule has 21 heavy (non-hydrogen) atoms. The molecule has 3 rings (SSSR count). The SMILES string of the molecule is Cc1cc(C)n(-n2c(=S)[nH]c3ccccc3c2=O)c(=O)c1. The van der Waals surface area contributed by atoms with E-state index in [0.717, 1.165) is 5.56 Å². The van der Waals surface area contributed by atoms with Crippen LogP contribution in [0.5, 0.6) is 0 Å². The molecule has 2 aromatic heterocycles. The zero-order valence-corrected chi connectivity index (χ0v) is 12.4. The Balaban J connectivity index is 2.50. The predicted octanol–water partition coefficient (Wildman–Crippen LogP) is 2.15. The molecule has 5 nitrogen and oxygen atoms in total. The van der Waals surface area contributed by atoms with Gasteiger partial charge in [-0.3, -0.25) is 9.59 Å². The summed E-state index contributed by atoms with van der Waals surface area (Å²) in [5.74, 6) is 0. The number of rotatable bonds is 1. The van der Waals surface area contributed by atoms with Gasteiger partial charge in [-0.15, -0.1) is 0 Å². The first kappa shape index (κ1) is 13.5. The van der Waals surface area contributed by atoms with Crippen LogP contribution in [0.15, 0.2) is 46.0 Å². The van der Waals surface area contributed by atoms with Gasteiger partial charge >= 0.3 is 0 Å². The van der Waals surface area contributed by atoms with E-state index in [9.17, 15) is 9.59 Å². The smallest absolute Gasteiger partial charge is 0.281 e. The number of nitrogens with zero attached hydrogens (tertiary/aromatic N) is 2. The van der Waals surface area contributed by atoms with E-state index in [2.05, 4.69) is 4.98 Å². The Morgan fingerprint density at radius 2 is 1.76 bits per heavy atom. The van der Waals surface area contributed by atoms with Gasteiger partial charge in [0.25, 0.3) is 11.1 Å². The number of benzene rings is 1. The summed E-state index contributed by atoms with van der Waals surface area (Å²) in [5, 5.41) is 0.484. The number of nitrogens with one attached hydrogen (secondary N) is 1.